The number of para-hydroxylation sites is 1. The minimum Gasteiger partial charge on any atom is -0.507 e. The molecule has 0 saturated carbocycles. The molecule has 0 spiro atoms. The second-order valence-corrected chi connectivity index (χ2v) is 7.40. The predicted octanol–water partition coefficient (Wildman–Crippen LogP) is 0.864. The maximum atomic E-state index is 11.9. The monoisotopic (exact) mass is 392 g/mol. The van der Waals surface area contributed by atoms with Crippen LogP contribution in [0.3, 0.4) is 0 Å². The third-order valence-corrected chi connectivity index (χ3v) is 4.71. The van der Waals surface area contributed by atoms with Crippen LogP contribution in [0.2, 0.25) is 0 Å². The van der Waals surface area contributed by atoms with Crippen LogP contribution in [0.1, 0.15) is 21.5 Å². The van der Waals surface area contributed by atoms with Crippen LogP contribution in [0.25, 0.3) is 0 Å². The summed E-state index contributed by atoms with van der Waals surface area (Å²) in [7, 11) is -3.73. The number of nitrogens with one attached hydrogen (secondary N) is 1. The van der Waals surface area contributed by atoms with E-state index in [2.05, 4.69) is 5.32 Å². The molecule has 2 aromatic rings. The Hall–Kier alpha value is -2.91. The molecule has 0 aliphatic heterocycles. The lowest BCUT2D eigenvalue weighted by Crippen LogP contribution is -2.30. The molecule has 27 heavy (non-hydrogen) atoms. The van der Waals surface area contributed by atoms with Crippen LogP contribution in [-0.2, 0) is 26.0 Å². The van der Waals surface area contributed by atoms with E-state index in [0.717, 1.165) is 5.56 Å². The molecule has 0 radical (unpaired) electrons. The number of hydrogen-bond acceptors (Lipinski definition) is 6. The molecule has 9 heteroatoms. The summed E-state index contributed by atoms with van der Waals surface area (Å²) in [5, 5.41) is 17.4. The smallest absolute Gasteiger partial charge is 0.342 e. The topological polar surface area (TPSA) is 136 Å². The number of aromatic hydroxyl groups is 1. The summed E-state index contributed by atoms with van der Waals surface area (Å²) in [6.07, 6.45) is 0.462. The van der Waals surface area contributed by atoms with Gasteiger partial charge in [0.15, 0.2) is 6.61 Å². The number of carbonyl (C=O) groups excluding carboxylic acids is 2. The lowest BCUT2D eigenvalue weighted by Gasteiger charge is -2.09. The first kappa shape index (κ1) is 20.4. The summed E-state index contributed by atoms with van der Waals surface area (Å²) in [5.41, 5.74) is 1.34. The standard InChI is InChI=1S/C18H20N2O6S/c1-12-3-2-4-15(17(12)22)18(23)26-11-16(21)20-10-9-13-5-7-14(8-6-13)27(19,24)25/h2-8,22H,9-11H2,1H3,(H,20,21)(H2,19,24,25). The number of benzene rings is 2. The van der Waals surface area contributed by atoms with Crippen LogP contribution in [0.4, 0.5) is 0 Å². The van der Waals surface area contributed by atoms with E-state index in [1.165, 1.54) is 18.2 Å². The Labute approximate surface area is 157 Å². The molecule has 144 valence electrons. The van der Waals surface area contributed by atoms with Crippen LogP contribution in [0, 0.1) is 6.92 Å². The van der Waals surface area contributed by atoms with Gasteiger partial charge in [-0.3, -0.25) is 4.79 Å². The van der Waals surface area contributed by atoms with Gasteiger partial charge in [0, 0.05) is 6.54 Å². The van der Waals surface area contributed by atoms with Crippen LogP contribution in [0.15, 0.2) is 47.4 Å². The molecule has 1 amide bonds. The molecule has 8 nitrogen and oxygen atoms in total. The Morgan fingerprint density at radius 3 is 2.44 bits per heavy atom. The highest BCUT2D eigenvalue weighted by atomic mass is 32.2. The molecule has 4 N–H and O–H groups in total. The van der Waals surface area contributed by atoms with E-state index in [9.17, 15) is 23.1 Å². The summed E-state index contributed by atoms with van der Waals surface area (Å²) >= 11 is 0. The highest BCUT2D eigenvalue weighted by Gasteiger charge is 2.15. The normalized spacial score (nSPS) is 11.0. The molecular formula is C18H20N2O6S. The average molecular weight is 392 g/mol. The Kier molecular flexibility index (Phi) is 6.54. The molecule has 0 aromatic heterocycles. The number of sulfonamides is 1. The van der Waals surface area contributed by atoms with Gasteiger partial charge in [0.2, 0.25) is 10.0 Å². The van der Waals surface area contributed by atoms with Crippen molar-refractivity contribution >= 4 is 21.9 Å². The van der Waals surface area contributed by atoms with E-state index in [1.807, 2.05) is 0 Å². The number of phenols is 1. The first-order valence-electron chi connectivity index (χ1n) is 8.02. The third kappa shape index (κ3) is 5.80. The summed E-state index contributed by atoms with van der Waals surface area (Å²) < 4.78 is 27.3. The maximum absolute atomic E-state index is 11.9. The van der Waals surface area contributed by atoms with Gasteiger partial charge in [-0.15, -0.1) is 0 Å². The summed E-state index contributed by atoms with van der Waals surface area (Å²) in [6.45, 7) is 1.45. The third-order valence-electron chi connectivity index (χ3n) is 3.78. The Morgan fingerprint density at radius 2 is 1.81 bits per heavy atom. The number of rotatable bonds is 7. The number of aryl methyl sites for hydroxylation is 1. The van der Waals surface area contributed by atoms with Crippen molar-refractivity contribution in [3.05, 3.63) is 59.2 Å². The molecule has 0 aliphatic rings. The Bertz CT molecular complexity index is 939. The van der Waals surface area contributed by atoms with Crippen molar-refractivity contribution in [1.29, 1.82) is 0 Å². The Balaban J connectivity index is 1.78. The number of phenolic OH excluding ortho intramolecular Hbond substituents is 1. The first-order valence-corrected chi connectivity index (χ1v) is 9.57. The van der Waals surface area contributed by atoms with Crippen molar-refractivity contribution in [2.45, 2.75) is 18.2 Å². The zero-order chi connectivity index (χ0) is 20.0. The summed E-state index contributed by atoms with van der Waals surface area (Å²) in [6, 6.07) is 10.7. The number of esters is 1. The predicted molar refractivity (Wildman–Crippen MR) is 97.7 cm³/mol. The van der Waals surface area contributed by atoms with Gasteiger partial charge in [0.1, 0.15) is 11.3 Å². The van der Waals surface area contributed by atoms with Crippen LogP contribution >= 0.6 is 0 Å². The lowest BCUT2D eigenvalue weighted by atomic mass is 10.1. The minimum absolute atomic E-state index is 0.00209. The van der Waals surface area contributed by atoms with Gasteiger partial charge < -0.3 is 15.2 Å². The maximum Gasteiger partial charge on any atom is 0.342 e. The van der Waals surface area contributed by atoms with E-state index in [-0.39, 0.29) is 22.8 Å². The minimum atomic E-state index is -3.73. The molecule has 0 saturated heterocycles. The number of carbonyl (C=O) groups is 2. The average Bonchev–Trinajstić information content (AvgIpc) is 2.61. The summed E-state index contributed by atoms with van der Waals surface area (Å²) in [4.78, 5) is 23.7. The van der Waals surface area contributed by atoms with Gasteiger partial charge in [0.05, 0.1) is 4.90 Å². The largest absolute Gasteiger partial charge is 0.507 e. The highest BCUT2D eigenvalue weighted by molar-refractivity contribution is 7.89. The van der Waals surface area contributed by atoms with Crippen molar-refractivity contribution in [2.24, 2.45) is 5.14 Å². The van der Waals surface area contributed by atoms with Crippen molar-refractivity contribution in [1.82, 2.24) is 5.32 Å². The second kappa shape index (κ2) is 8.65. The molecule has 0 unspecified atom stereocenters. The van der Waals surface area contributed by atoms with Gasteiger partial charge in [0.25, 0.3) is 5.91 Å². The first-order chi connectivity index (χ1) is 12.7. The van der Waals surface area contributed by atoms with Crippen LogP contribution in [-0.4, -0.2) is 38.6 Å². The lowest BCUT2D eigenvalue weighted by molar-refractivity contribution is -0.124. The SMILES string of the molecule is Cc1cccc(C(=O)OCC(=O)NCCc2ccc(S(N)(=O)=O)cc2)c1O. The van der Waals surface area contributed by atoms with Gasteiger partial charge >= 0.3 is 5.97 Å². The number of primary sulfonamides is 1. The molecule has 2 rings (SSSR count). The fourth-order valence-electron chi connectivity index (χ4n) is 2.28. The van der Waals surface area contributed by atoms with Gasteiger partial charge in [-0.2, -0.15) is 0 Å². The Morgan fingerprint density at radius 1 is 1.15 bits per heavy atom. The van der Waals surface area contributed by atoms with Crippen molar-refractivity contribution in [3.63, 3.8) is 0 Å². The quantitative estimate of drug-likeness (QED) is 0.598. The molecule has 2 aromatic carbocycles. The zero-order valence-electron chi connectivity index (χ0n) is 14.6. The van der Waals surface area contributed by atoms with Gasteiger partial charge in [-0.1, -0.05) is 24.3 Å². The van der Waals surface area contributed by atoms with E-state index < -0.39 is 28.5 Å². The highest BCUT2D eigenvalue weighted by Crippen LogP contribution is 2.21. The molecule has 0 heterocycles. The summed E-state index contributed by atoms with van der Waals surface area (Å²) in [5.74, 6) is -1.45. The van der Waals surface area contributed by atoms with Crippen LogP contribution in [0.5, 0.6) is 5.75 Å². The molecule has 0 bridgehead atoms. The van der Waals surface area contributed by atoms with Crippen LogP contribution < -0.4 is 10.5 Å². The van der Waals surface area contributed by atoms with Crippen molar-refractivity contribution in [3.8, 4) is 5.75 Å². The number of nitrogens with two attached hydrogens (primary N) is 1. The van der Waals surface area contributed by atoms with E-state index >= 15 is 0 Å². The van der Waals surface area contributed by atoms with Crippen molar-refractivity contribution in [2.75, 3.05) is 13.2 Å². The number of amides is 1. The molecule has 0 atom stereocenters. The van der Waals surface area contributed by atoms with E-state index in [1.54, 1.807) is 31.2 Å². The fourth-order valence-corrected chi connectivity index (χ4v) is 2.79. The van der Waals surface area contributed by atoms with E-state index in [0.29, 0.717) is 12.0 Å². The van der Waals surface area contributed by atoms with Crippen molar-refractivity contribution < 1.29 is 27.9 Å². The van der Waals surface area contributed by atoms with Gasteiger partial charge in [-0.05, 0) is 42.7 Å². The number of ether oxygens (including phenoxy) is 1. The van der Waals surface area contributed by atoms with Gasteiger partial charge in [-0.25, -0.2) is 18.4 Å². The molecule has 0 fully saturated rings. The fraction of sp³-hybridized carbons (Fsp3) is 0.222. The zero-order valence-corrected chi connectivity index (χ0v) is 15.5. The second-order valence-electron chi connectivity index (χ2n) is 5.84. The van der Waals surface area contributed by atoms with E-state index in [4.69, 9.17) is 9.88 Å². The number of hydrogen-bond donors (Lipinski definition) is 3. The molecule has 0 aliphatic carbocycles. The molecular weight excluding hydrogens is 372 g/mol.